The first kappa shape index (κ1) is 25.0. The molecule has 0 radical (unpaired) electrons. The van der Waals surface area contributed by atoms with Crippen molar-refractivity contribution in [3.05, 3.63) is 126 Å². The minimum absolute atomic E-state index is 0.123. The number of rotatable bonds is 10. The zero-order valence-corrected chi connectivity index (χ0v) is 20.8. The fourth-order valence-corrected chi connectivity index (χ4v) is 4.89. The zero-order chi connectivity index (χ0) is 25.4. The van der Waals surface area contributed by atoms with E-state index in [2.05, 4.69) is 4.72 Å². The van der Waals surface area contributed by atoms with Gasteiger partial charge in [-0.05, 0) is 53.9 Å². The lowest BCUT2D eigenvalue weighted by molar-refractivity contribution is -0.134. The molecule has 184 valence electrons. The summed E-state index contributed by atoms with van der Waals surface area (Å²) in [6.07, 6.45) is 0. The van der Waals surface area contributed by atoms with E-state index in [9.17, 15) is 13.2 Å². The summed E-state index contributed by atoms with van der Waals surface area (Å²) in [5, 5.41) is 0. The van der Waals surface area contributed by atoms with Crippen molar-refractivity contribution in [2.75, 3.05) is 11.3 Å². The van der Waals surface area contributed by atoms with Crippen molar-refractivity contribution >= 4 is 21.6 Å². The van der Waals surface area contributed by atoms with Crippen LogP contribution in [0.25, 0.3) is 0 Å². The molecule has 0 aliphatic rings. The van der Waals surface area contributed by atoms with Crippen LogP contribution in [0.2, 0.25) is 0 Å². The lowest BCUT2D eigenvalue weighted by Gasteiger charge is -2.23. The van der Waals surface area contributed by atoms with Crippen molar-refractivity contribution in [1.29, 1.82) is 0 Å². The Morgan fingerprint density at radius 2 is 1.31 bits per heavy atom. The van der Waals surface area contributed by atoms with E-state index in [1.807, 2.05) is 66.7 Å². The third-order valence-corrected chi connectivity index (χ3v) is 7.00. The highest BCUT2D eigenvalue weighted by Crippen LogP contribution is 2.24. The first-order valence-electron chi connectivity index (χ1n) is 11.6. The summed E-state index contributed by atoms with van der Waals surface area (Å²) >= 11 is 0. The molecule has 6 nitrogen and oxygen atoms in total. The summed E-state index contributed by atoms with van der Waals surface area (Å²) in [5.74, 6) is 0.297. The second kappa shape index (κ2) is 11.6. The second-order valence-corrected chi connectivity index (χ2v) is 10.1. The molecule has 0 fully saturated rings. The third-order valence-electron chi connectivity index (χ3n) is 5.62. The maximum Gasteiger partial charge on any atom is 0.261 e. The van der Waals surface area contributed by atoms with E-state index in [0.717, 1.165) is 11.1 Å². The summed E-state index contributed by atoms with van der Waals surface area (Å²) in [4.78, 5) is 15.0. The lowest BCUT2D eigenvalue weighted by Crippen LogP contribution is -2.34. The Kier molecular flexibility index (Phi) is 8.02. The number of benzene rings is 4. The summed E-state index contributed by atoms with van der Waals surface area (Å²) in [5.41, 5.74) is 3.16. The van der Waals surface area contributed by atoms with Gasteiger partial charge >= 0.3 is 0 Å². The van der Waals surface area contributed by atoms with Crippen LogP contribution in [0.3, 0.4) is 0 Å². The molecule has 0 spiro atoms. The molecular weight excluding hydrogens is 472 g/mol. The summed E-state index contributed by atoms with van der Waals surface area (Å²) < 4.78 is 33.9. The first-order chi connectivity index (χ1) is 17.4. The number of hydrogen-bond acceptors (Lipinski definition) is 4. The molecule has 0 unspecified atom stereocenters. The number of anilines is 1. The van der Waals surface area contributed by atoms with Gasteiger partial charge in [0, 0.05) is 18.8 Å². The van der Waals surface area contributed by atoms with E-state index >= 15 is 0 Å². The molecule has 0 bridgehead atoms. The van der Waals surface area contributed by atoms with Crippen molar-refractivity contribution in [3.63, 3.8) is 0 Å². The van der Waals surface area contributed by atoms with Gasteiger partial charge in [-0.2, -0.15) is 0 Å². The van der Waals surface area contributed by atoms with Crippen molar-refractivity contribution in [2.24, 2.45) is 0 Å². The molecule has 36 heavy (non-hydrogen) atoms. The van der Waals surface area contributed by atoms with Gasteiger partial charge in [0.2, 0.25) is 0 Å². The van der Waals surface area contributed by atoms with Gasteiger partial charge in [0.25, 0.3) is 15.9 Å². The van der Waals surface area contributed by atoms with E-state index in [1.165, 1.54) is 12.1 Å². The molecule has 0 saturated heterocycles. The normalized spacial score (nSPS) is 11.0. The van der Waals surface area contributed by atoms with Gasteiger partial charge in [-0.3, -0.25) is 9.52 Å². The highest BCUT2D eigenvalue weighted by Gasteiger charge is 2.18. The summed E-state index contributed by atoms with van der Waals surface area (Å²) in [6.45, 7) is 2.51. The van der Waals surface area contributed by atoms with Crippen molar-refractivity contribution in [1.82, 2.24) is 4.90 Å². The number of nitrogens with one attached hydrogen (secondary N) is 1. The van der Waals surface area contributed by atoms with Crippen LogP contribution in [-0.2, 0) is 27.9 Å². The summed E-state index contributed by atoms with van der Waals surface area (Å²) in [6, 6.07) is 32.9. The Hall–Kier alpha value is -4.10. The number of carbonyl (C=O) groups is 1. The van der Waals surface area contributed by atoms with Gasteiger partial charge in [-0.1, -0.05) is 78.9 Å². The Bertz CT molecular complexity index is 1350. The minimum atomic E-state index is -3.75. The van der Waals surface area contributed by atoms with E-state index < -0.39 is 10.0 Å². The Morgan fingerprint density at radius 1 is 0.778 bits per heavy atom. The SMILES string of the molecule is Cc1cc(S(=O)(=O)Nc2ccccc2)ccc1OCC(=O)N(Cc1ccccc1)Cc1ccccc1. The molecule has 1 amide bonds. The first-order valence-corrected chi connectivity index (χ1v) is 13.1. The predicted molar refractivity (Wildman–Crippen MR) is 141 cm³/mol. The van der Waals surface area contributed by atoms with E-state index in [1.54, 1.807) is 42.2 Å². The molecule has 4 aromatic rings. The van der Waals surface area contributed by atoms with Crippen LogP contribution in [-0.4, -0.2) is 25.8 Å². The Balaban J connectivity index is 1.44. The highest BCUT2D eigenvalue weighted by atomic mass is 32.2. The average Bonchev–Trinajstić information content (AvgIpc) is 2.89. The standard InChI is InChI=1S/C29H28N2O4S/c1-23-19-27(36(33,34)30-26-15-9-4-10-16-26)17-18-28(23)35-22-29(32)31(20-24-11-5-2-6-12-24)21-25-13-7-3-8-14-25/h2-19,30H,20-22H2,1H3. The minimum Gasteiger partial charge on any atom is -0.483 e. The van der Waals surface area contributed by atoms with Crippen LogP contribution in [0.15, 0.2) is 114 Å². The van der Waals surface area contributed by atoms with Crippen molar-refractivity contribution < 1.29 is 17.9 Å². The zero-order valence-electron chi connectivity index (χ0n) is 20.0. The lowest BCUT2D eigenvalue weighted by atomic mass is 10.1. The van der Waals surface area contributed by atoms with Crippen LogP contribution in [0, 0.1) is 6.92 Å². The number of amides is 1. The highest BCUT2D eigenvalue weighted by molar-refractivity contribution is 7.92. The fourth-order valence-electron chi connectivity index (χ4n) is 3.74. The number of hydrogen-bond donors (Lipinski definition) is 1. The average molecular weight is 501 g/mol. The third kappa shape index (κ3) is 6.73. The van der Waals surface area contributed by atoms with Crippen LogP contribution >= 0.6 is 0 Å². The maximum absolute atomic E-state index is 13.2. The largest absolute Gasteiger partial charge is 0.483 e. The molecule has 0 aliphatic heterocycles. The van der Waals surface area contributed by atoms with E-state index in [0.29, 0.717) is 30.1 Å². The van der Waals surface area contributed by atoms with Gasteiger partial charge in [0.1, 0.15) is 5.75 Å². The van der Waals surface area contributed by atoms with Crippen LogP contribution in [0.1, 0.15) is 16.7 Å². The van der Waals surface area contributed by atoms with Crippen LogP contribution < -0.4 is 9.46 Å². The topological polar surface area (TPSA) is 75.7 Å². The second-order valence-electron chi connectivity index (χ2n) is 8.41. The monoisotopic (exact) mass is 500 g/mol. The van der Waals surface area contributed by atoms with Gasteiger partial charge in [0.05, 0.1) is 4.90 Å². The molecule has 0 aliphatic carbocycles. The number of para-hydroxylation sites is 1. The Labute approximate surface area is 212 Å². The number of aryl methyl sites for hydroxylation is 1. The molecular formula is C29H28N2O4S. The van der Waals surface area contributed by atoms with Gasteiger partial charge in [-0.15, -0.1) is 0 Å². The smallest absolute Gasteiger partial charge is 0.261 e. The maximum atomic E-state index is 13.2. The van der Waals surface area contributed by atoms with E-state index in [4.69, 9.17) is 4.74 Å². The molecule has 0 saturated carbocycles. The van der Waals surface area contributed by atoms with Crippen LogP contribution in [0.5, 0.6) is 5.75 Å². The van der Waals surface area contributed by atoms with Gasteiger partial charge < -0.3 is 9.64 Å². The fraction of sp³-hybridized carbons (Fsp3) is 0.138. The number of nitrogens with zero attached hydrogens (tertiary/aromatic N) is 1. The van der Waals surface area contributed by atoms with Crippen molar-refractivity contribution in [3.8, 4) is 5.75 Å². The molecule has 0 heterocycles. The molecule has 0 aromatic heterocycles. The molecule has 7 heteroatoms. The number of carbonyl (C=O) groups excluding carboxylic acids is 1. The number of sulfonamides is 1. The molecule has 0 atom stereocenters. The molecule has 1 N–H and O–H groups in total. The number of ether oxygens (including phenoxy) is 1. The van der Waals surface area contributed by atoms with Gasteiger partial charge in [-0.25, -0.2) is 8.42 Å². The van der Waals surface area contributed by atoms with Gasteiger partial charge in [0.15, 0.2) is 6.61 Å². The quantitative estimate of drug-likeness (QED) is 0.316. The molecule has 4 aromatic carbocycles. The molecule has 4 rings (SSSR count). The Morgan fingerprint density at radius 3 is 1.83 bits per heavy atom. The predicted octanol–water partition coefficient (Wildman–Crippen LogP) is 5.40. The van der Waals surface area contributed by atoms with Crippen molar-refractivity contribution in [2.45, 2.75) is 24.9 Å². The summed E-state index contributed by atoms with van der Waals surface area (Å²) in [7, 11) is -3.75. The van der Waals surface area contributed by atoms with E-state index in [-0.39, 0.29) is 17.4 Å². The van der Waals surface area contributed by atoms with Crippen LogP contribution in [0.4, 0.5) is 5.69 Å².